The minimum Gasteiger partial charge on any atom is -0.493 e. The van der Waals surface area contributed by atoms with Crippen LogP contribution >= 0.6 is 0 Å². The van der Waals surface area contributed by atoms with E-state index in [0.29, 0.717) is 11.3 Å². The van der Waals surface area contributed by atoms with Gasteiger partial charge in [0.25, 0.3) is 5.91 Å². The number of alkyl halides is 3. The van der Waals surface area contributed by atoms with Crippen LogP contribution in [0.3, 0.4) is 0 Å². The molecule has 0 saturated carbocycles. The maximum absolute atomic E-state index is 12.7. The van der Waals surface area contributed by atoms with Gasteiger partial charge in [0.05, 0.1) is 7.11 Å². The lowest BCUT2D eigenvalue weighted by molar-refractivity contribution is -0.141. The number of carbonyl (C=O) groups is 3. The number of Topliss-reactive ketones (excluding diaryl/α,β-unsaturated/α-hetero) is 1. The molecule has 0 aliphatic rings. The first kappa shape index (κ1) is 25.5. The van der Waals surface area contributed by atoms with Gasteiger partial charge in [-0.2, -0.15) is 13.2 Å². The van der Waals surface area contributed by atoms with Crippen molar-refractivity contribution in [3.63, 3.8) is 0 Å². The third-order valence-corrected chi connectivity index (χ3v) is 4.53. The van der Waals surface area contributed by atoms with Crippen molar-refractivity contribution >= 4 is 23.7 Å². The Kier molecular flexibility index (Phi) is 8.27. The van der Waals surface area contributed by atoms with E-state index in [2.05, 4.69) is 0 Å². The number of halogens is 3. The lowest BCUT2D eigenvalue weighted by Crippen LogP contribution is -2.20. The molecular weight excluding hydrogens is 445 g/mol. The Morgan fingerprint density at radius 1 is 1.09 bits per heavy atom. The van der Waals surface area contributed by atoms with Gasteiger partial charge >= 0.3 is 12.1 Å². The molecule has 0 spiro atoms. The number of ether oxygens (including phenoxy) is 3. The fraction of sp³-hybridized carbons (Fsp3) is 0.318. The fourth-order valence-corrected chi connectivity index (χ4v) is 2.99. The molecule has 0 fully saturated rings. The second-order valence-electron chi connectivity index (χ2n) is 7.02. The topological polar surface area (TPSA) is 110 Å². The van der Waals surface area contributed by atoms with Crippen LogP contribution in [0, 0.1) is 13.8 Å². The summed E-state index contributed by atoms with van der Waals surface area (Å²) in [6, 6.07) is 5.98. The van der Waals surface area contributed by atoms with Crippen molar-refractivity contribution in [1.82, 2.24) is 4.57 Å². The minimum atomic E-state index is -4.43. The van der Waals surface area contributed by atoms with E-state index in [1.165, 1.54) is 39.2 Å². The molecule has 2 N–H and O–H groups in total. The minimum absolute atomic E-state index is 0.0600. The van der Waals surface area contributed by atoms with Crippen LogP contribution in [-0.2, 0) is 20.9 Å². The quantitative estimate of drug-likeness (QED) is 0.326. The van der Waals surface area contributed by atoms with Crippen LogP contribution in [0.4, 0.5) is 13.2 Å². The van der Waals surface area contributed by atoms with E-state index in [-0.39, 0.29) is 29.3 Å². The number of amides is 1. The van der Waals surface area contributed by atoms with Gasteiger partial charge in [-0.1, -0.05) is 6.07 Å². The van der Waals surface area contributed by atoms with E-state index in [0.717, 1.165) is 10.6 Å². The molecule has 2 rings (SSSR count). The smallest absolute Gasteiger partial charge is 0.406 e. The second-order valence-corrected chi connectivity index (χ2v) is 7.02. The fourth-order valence-electron chi connectivity index (χ4n) is 2.99. The van der Waals surface area contributed by atoms with Crippen LogP contribution < -0.4 is 15.2 Å². The van der Waals surface area contributed by atoms with E-state index < -0.39 is 37.0 Å². The summed E-state index contributed by atoms with van der Waals surface area (Å²) in [6.07, 6.45) is -1.94. The number of rotatable bonds is 10. The third kappa shape index (κ3) is 7.41. The summed E-state index contributed by atoms with van der Waals surface area (Å²) in [5.41, 5.74) is 6.05. The Morgan fingerprint density at radius 3 is 2.39 bits per heavy atom. The number of hydrogen-bond donors (Lipinski definition) is 1. The van der Waals surface area contributed by atoms with Crippen LogP contribution in [0.25, 0.3) is 6.08 Å². The number of nitrogens with zero attached hydrogens (tertiary/aromatic N) is 1. The van der Waals surface area contributed by atoms with Crippen LogP contribution in [0.1, 0.15) is 27.3 Å². The molecule has 178 valence electrons. The number of aromatic nitrogens is 1. The summed E-state index contributed by atoms with van der Waals surface area (Å²) in [7, 11) is 1.39. The molecule has 0 bridgehead atoms. The second kappa shape index (κ2) is 10.7. The van der Waals surface area contributed by atoms with Gasteiger partial charge in [0, 0.05) is 23.0 Å². The molecule has 0 radical (unpaired) electrons. The summed E-state index contributed by atoms with van der Waals surface area (Å²) in [4.78, 5) is 35.2. The Morgan fingerprint density at radius 2 is 1.79 bits per heavy atom. The first-order valence-corrected chi connectivity index (χ1v) is 9.62. The van der Waals surface area contributed by atoms with Gasteiger partial charge < -0.3 is 24.5 Å². The Bertz CT molecular complexity index is 1070. The lowest BCUT2D eigenvalue weighted by atomic mass is 10.1. The molecule has 33 heavy (non-hydrogen) atoms. The molecule has 2 aromatic rings. The number of methoxy groups -OCH3 is 1. The molecule has 11 heteroatoms. The van der Waals surface area contributed by atoms with E-state index in [1.807, 2.05) is 0 Å². The average Bonchev–Trinajstić information content (AvgIpc) is 3.01. The van der Waals surface area contributed by atoms with Gasteiger partial charge in [-0.3, -0.25) is 9.59 Å². The highest BCUT2D eigenvalue weighted by Crippen LogP contribution is 2.28. The maximum atomic E-state index is 12.7. The van der Waals surface area contributed by atoms with Gasteiger partial charge in [-0.25, -0.2) is 4.79 Å². The number of nitrogens with two attached hydrogens (primary N) is 1. The van der Waals surface area contributed by atoms with Gasteiger partial charge in [0.2, 0.25) is 5.78 Å². The Balaban J connectivity index is 1.99. The van der Waals surface area contributed by atoms with E-state index in [4.69, 9.17) is 19.9 Å². The van der Waals surface area contributed by atoms with Crippen LogP contribution in [-0.4, -0.2) is 48.7 Å². The number of aryl methyl sites for hydroxylation is 1. The van der Waals surface area contributed by atoms with E-state index in [9.17, 15) is 27.6 Å². The first-order valence-electron chi connectivity index (χ1n) is 9.62. The summed E-state index contributed by atoms with van der Waals surface area (Å²) in [5.74, 6) is -1.50. The normalized spacial score (nSPS) is 11.5. The molecular formula is C22H23F3N2O6. The van der Waals surface area contributed by atoms with Crippen molar-refractivity contribution in [1.29, 1.82) is 0 Å². The number of benzene rings is 1. The van der Waals surface area contributed by atoms with Gasteiger partial charge in [-0.15, -0.1) is 0 Å². The monoisotopic (exact) mass is 468 g/mol. The van der Waals surface area contributed by atoms with Crippen molar-refractivity contribution in [2.24, 2.45) is 5.73 Å². The zero-order chi connectivity index (χ0) is 24.8. The molecule has 0 atom stereocenters. The van der Waals surface area contributed by atoms with E-state index >= 15 is 0 Å². The van der Waals surface area contributed by atoms with Gasteiger partial charge in [0.15, 0.2) is 24.7 Å². The Labute approximate surface area is 187 Å². The Hall–Kier alpha value is -3.76. The molecule has 1 amide bonds. The van der Waals surface area contributed by atoms with Crippen molar-refractivity contribution in [2.75, 3.05) is 20.3 Å². The number of esters is 1. The molecule has 1 heterocycles. The van der Waals surface area contributed by atoms with Crippen LogP contribution in [0.15, 0.2) is 30.3 Å². The molecule has 0 saturated heterocycles. The SMILES string of the molecule is COc1cc(/C=C/C(=O)OCC(=O)c2cc(C)n(CC(F)(F)F)c2C)ccc1OCC(N)=O. The highest BCUT2D eigenvalue weighted by molar-refractivity contribution is 6.00. The number of primary amides is 1. The summed E-state index contributed by atoms with van der Waals surface area (Å²) in [6.45, 7) is 0.699. The third-order valence-electron chi connectivity index (χ3n) is 4.53. The molecule has 8 nitrogen and oxygen atoms in total. The molecule has 1 aromatic carbocycles. The van der Waals surface area contributed by atoms with Gasteiger partial charge in [-0.05, 0) is 43.7 Å². The highest BCUT2D eigenvalue weighted by Gasteiger charge is 2.30. The highest BCUT2D eigenvalue weighted by atomic mass is 19.4. The summed E-state index contributed by atoms with van der Waals surface area (Å²) < 4.78 is 54.4. The summed E-state index contributed by atoms with van der Waals surface area (Å²) >= 11 is 0. The lowest BCUT2D eigenvalue weighted by Gasteiger charge is -2.12. The molecule has 0 aliphatic carbocycles. The standard InChI is InChI=1S/C22H23F3N2O6/c1-13-8-16(14(2)27(13)12-22(23,24)25)17(28)10-33-21(30)7-5-15-4-6-18(19(9-15)31-3)32-11-20(26)29/h4-9H,10-12H2,1-3H3,(H2,26,29)/b7-5+. The van der Waals surface area contributed by atoms with Crippen LogP contribution in [0.2, 0.25) is 0 Å². The van der Waals surface area contributed by atoms with Gasteiger partial charge in [0.1, 0.15) is 6.54 Å². The molecule has 0 unspecified atom stereocenters. The van der Waals surface area contributed by atoms with Crippen molar-refractivity contribution < 1.29 is 41.8 Å². The van der Waals surface area contributed by atoms with E-state index in [1.54, 1.807) is 12.1 Å². The zero-order valence-corrected chi connectivity index (χ0v) is 18.2. The number of hydrogen-bond acceptors (Lipinski definition) is 6. The zero-order valence-electron chi connectivity index (χ0n) is 18.2. The van der Waals surface area contributed by atoms with Crippen molar-refractivity contribution in [3.05, 3.63) is 52.9 Å². The molecule has 1 aromatic heterocycles. The molecule has 0 aliphatic heterocycles. The van der Waals surface area contributed by atoms with Crippen LogP contribution in [0.5, 0.6) is 11.5 Å². The maximum Gasteiger partial charge on any atom is 0.406 e. The average molecular weight is 468 g/mol. The summed E-state index contributed by atoms with van der Waals surface area (Å²) in [5, 5.41) is 0. The van der Waals surface area contributed by atoms with Crippen molar-refractivity contribution in [2.45, 2.75) is 26.6 Å². The predicted octanol–water partition coefficient (Wildman–Crippen LogP) is 2.98. The number of ketones is 1. The first-order chi connectivity index (χ1) is 15.4. The largest absolute Gasteiger partial charge is 0.493 e. The predicted molar refractivity (Wildman–Crippen MR) is 112 cm³/mol. The number of carbonyl (C=O) groups excluding carboxylic acids is 3. The van der Waals surface area contributed by atoms with Crippen molar-refractivity contribution in [3.8, 4) is 11.5 Å².